The molecule has 43 heavy (non-hydrogen) atoms. The summed E-state index contributed by atoms with van der Waals surface area (Å²) in [7, 11) is 0. The molecular formula is C31H44ClN6O5+. The minimum atomic E-state index is -0.0574. The third-order valence-electron chi connectivity index (χ3n) is 7.12. The van der Waals surface area contributed by atoms with E-state index in [4.69, 9.17) is 41.5 Å². The number of halogens is 1. The van der Waals surface area contributed by atoms with Gasteiger partial charge in [0.1, 0.15) is 12.7 Å². The summed E-state index contributed by atoms with van der Waals surface area (Å²) >= 11 is 6.21. The number of hydrazone groups is 1. The Kier molecular flexibility index (Phi) is 12.8. The Morgan fingerprint density at radius 2 is 1.67 bits per heavy atom. The first-order valence-electron chi connectivity index (χ1n) is 14.9. The summed E-state index contributed by atoms with van der Waals surface area (Å²) in [6.07, 6.45) is 12.1. The van der Waals surface area contributed by atoms with Crippen LogP contribution >= 0.6 is 11.6 Å². The number of hydroxylamine groups is 2. The highest BCUT2D eigenvalue weighted by molar-refractivity contribution is 6.30. The maximum atomic E-state index is 13.1. The van der Waals surface area contributed by atoms with Gasteiger partial charge in [0.2, 0.25) is 6.34 Å². The van der Waals surface area contributed by atoms with E-state index in [9.17, 15) is 4.79 Å². The van der Waals surface area contributed by atoms with Crippen molar-refractivity contribution < 1.29 is 28.3 Å². The van der Waals surface area contributed by atoms with Crippen molar-refractivity contribution in [2.75, 3.05) is 72.4 Å². The molecule has 4 rings (SSSR count). The van der Waals surface area contributed by atoms with Gasteiger partial charge in [0, 0.05) is 29.9 Å². The van der Waals surface area contributed by atoms with Crippen LogP contribution in [0.4, 0.5) is 0 Å². The topological polar surface area (TPSA) is 111 Å². The number of fused-ring (bicyclic) bond motifs is 1. The number of nitrogens with zero attached hydrogens (tertiary/aromatic N) is 4. The van der Waals surface area contributed by atoms with E-state index in [0.717, 1.165) is 41.1 Å². The largest absolute Gasteiger partial charge is 0.378 e. The van der Waals surface area contributed by atoms with Gasteiger partial charge in [-0.2, -0.15) is 5.01 Å². The lowest BCUT2D eigenvalue weighted by Gasteiger charge is -2.32. The minimum Gasteiger partial charge on any atom is -0.378 e. The van der Waals surface area contributed by atoms with Crippen molar-refractivity contribution in [2.24, 2.45) is 10.8 Å². The van der Waals surface area contributed by atoms with Crippen molar-refractivity contribution in [3.63, 3.8) is 0 Å². The molecule has 0 aromatic heterocycles. The van der Waals surface area contributed by atoms with Crippen LogP contribution < -0.4 is 11.1 Å². The lowest BCUT2D eigenvalue weighted by Crippen LogP contribution is -2.52. The van der Waals surface area contributed by atoms with Gasteiger partial charge in [0.05, 0.1) is 51.9 Å². The fourth-order valence-electron chi connectivity index (χ4n) is 5.04. The van der Waals surface area contributed by atoms with Crippen molar-refractivity contribution in [3.05, 3.63) is 76.5 Å². The van der Waals surface area contributed by atoms with Gasteiger partial charge in [0.15, 0.2) is 6.54 Å². The Hall–Kier alpha value is -3.03. The molecule has 0 spiro atoms. The van der Waals surface area contributed by atoms with Gasteiger partial charge >= 0.3 is 0 Å². The summed E-state index contributed by atoms with van der Waals surface area (Å²) < 4.78 is 16.7. The number of nitrogens with two attached hydrogens (primary N) is 1. The molecule has 3 N–H and O–H groups in total. The standard InChI is InChI=1S/C31H43ClN6O5/c1-3-34-30(39)23-38-22-27(26-8-10-28(32)11-9-26)20-36(43-19-18-42-17-16-41-15-14-40-13-12-33)21-31(38)37(35-24-38)29-7-5-4-6-25(29)2/h6-11,20-21,24H,3-5,12-19,22-23,33H2,1-2H3/p+1/t38-/m1/s1. The molecule has 11 nitrogen and oxygen atoms in total. The number of ether oxygens (including phenoxy) is 3. The zero-order valence-electron chi connectivity index (χ0n) is 25.2. The van der Waals surface area contributed by atoms with E-state index < -0.39 is 0 Å². The number of hydrogen-bond acceptors (Lipinski definition) is 9. The quantitative estimate of drug-likeness (QED) is 0.202. The van der Waals surface area contributed by atoms with Crippen molar-refractivity contribution in [1.82, 2.24) is 15.4 Å². The summed E-state index contributed by atoms with van der Waals surface area (Å²) in [5.41, 5.74) is 9.51. The summed E-state index contributed by atoms with van der Waals surface area (Å²) in [6, 6.07) is 7.68. The number of allylic oxidation sites excluding steroid dienone is 3. The van der Waals surface area contributed by atoms with Gasteiger partial charge in [0.25, 0.3) is 11.7 Å². The number of nitrogens with one attached hydrogen (secondary N) is 1. The first-order valence-corrected chi connectivity index (χ1v) is 15.2. The third-order valence-corrected chi connectivity index (χ3v) is 7.37. The van der Waals surface area contributed by atoms with Gasteiger partial charge in [-0.15, -0.1) is 5.10 Å². The monoisotopic (exact) mass is 615 g/mol. The number of carbonyl (C=O) groups is 1. The number of likely N-dealkylation sites (N-methyl/N-ethyl adjacent to an activating group) is 1. The summed E-state index contributed by atoms with van der Waals surface area (Å²) in [4.78, 5) is 19.3. The van der Waals surface area contributed by atoms with Crippen molar-refractivity contribution in [3.8, 4) is 0 Å². The van der Waals surface area contributed by atoms with Gasteiger partial charge < -0.3 is 25.3 Å². The molecule has 1 atom stereocenters. The summed E-state index contributed by atoms with van der Waals surface area (Å²) in [6.45, 7) is 8.89. The lowest BCUT2D eigenvalue weighted by atomic mass is 10.0. The molecule has 0 radical (unpaired) electrons. The minimum absolute atomic E-state index is 0.0574. The predicted octanol–water partition coefficient (Wildman–Crippen LogP) is 3.57. The van der Waals surface area contributed by atoms with Crippen LogP contribution in [-0.4, -0.2) is 99.2 Å². The molecule has 0 fully saturated rings. The highest BCUT2D eigenvalue weighted by Gasteiger charge is 2.46. The molecule has 1 aliphatic carbocycles. The van der Waals surface area contributed by atoms with Crippen LogP contribution in [0.1, 0.15) is 32.3 Å². The summed E-state index contributed by atoms with van der Waals surface area (Å²) in [5, 5.41) is 12.1. The van der Waals surface area contributed by atoms with Crippen molar-refractivity contribution in [1.29, 1.82) is 0 Å². The number of quaternary nitrogens is 1. The maximum absolute atomic E-state index is 13.1. The highest BCUT2D eigenvalue weighted by atomic mass is 35.5. The van der Waals surface area contributed by atoms with Crippen LogP contribution in [0.25, 0.3) is 5.57 Å². The first-order chi connectivity index (χ1) is 21.0. The number of hydrogen-bond donors (Lipinski definition) is 2. The van der Waals surface area contributed by atoms with E-state index in [1.807, 2.05) is 54.9 Å². The Morgan fingerprint density at radius 3 is 2.35 bits per heavy atom. The van der Waals surface area contributed by atoms with Crippen LogP contribution in [0.3, 0.4) is 0 Å². The van der Waals surface area contributed by atoms with Crippen molar-refractivity contribution in [2.45, 2.75) is 26.7 Å². The Labute approximate surface area is 259 Å². The normalized spacial score (nSPS) is 19.8. The van der Waals surface area contributed by atoms with E-state index in [0.29, 0.717) is 70.9 Å². The van der Waals surface area contributed by atoms with E-state index in [1.165, 1.54) is 0 Å². The van der Waals surface area contributed by atoms with Gasteiger partial charge in [-0.05, 0) is 50.0 Å². The number of rotatable bonds is 17. The second-order valence-electron chi connectivity index (χ2n) is 10.4. The predicted molar refractivity (Wildman–Crippen MR) is 167 cm³/mol. The molecule has 2 heterocycles. The van der Waals surface area contributed by atoms with Gasteiger partial charge in [-0.1, -0.05) is 35.9 Å². The average Bonchev–Trinajstić information content (AvgIpc) is 3.23. The molecule has 234 valence electrons. The molecule has 3 aliphatic rings. The first kappa shape index (κ1) is 32.9. The second-order valence-corrected chi connectivity index (χ2v) is 10.8. The number of amides is 1. The van der Waals surface area contributed by atoms with Gasteiger partial charge in [-0.25, -0.2) is 9.55 Å². The maximum Gasteiger partial charge on any atom is 0.276 e. The van der Waals surface area contributed by atoms with E-state index in [1.54, 1.807) is 5.06 Å². The van der Waals surface area contributed by atoms with E-state index in [-0.39, 0.29) is 16.9 Å². The smallest absolute Gasteiger partial charge is 0.276 e. The molecule has 1 amide bonds. The Balaban J connectivity index is 1.52. The van der Waals surface area contributed by atoms with Crippen LogP contribution in [0.5, 0.6) is 0 Å². The van der Waals surface area contributed by atoms with Crippen LogP contribution in [0, 0.1) is 0 Å². The number of carbonyl (C=O) groups excluding carboxylic acids is 1. The molecule has 1 aromatic carbocycles. The molecule has 2 aliphatic heterocycles. The Bertz CT molecular complexity index is 1230. The van der Waals surface area contributed by atoms with E-state index in [2.05, 4.69) is 24.4 Å². The van der Waals surface area contributed by atoms with Crippen LogP contribution in [-0.2, 0) is 23.8 Å². The van der Waals surface area contributed by atoms with E-state index >= 15 is 0 Å². The third kappa shape index (κ3) is 9.23. The SMILES string of the molecule is CCNC(=O)C[N@+]12C=NN(C3=CCCC=C3C)C1=CN(OCCOCCOCCOCCN)C=C(c1ccc(Cl)cc1)C2. The molecule has 1 aromatic rings. The van der Waals surface area contributed by atoms with Crippen molar-refractivity contribution >= 4 is 29.4 Å². The molecule has 12 heteroatoms. The second kappa shape index (κ2) is 16.7. The lowest BCUT2D eigenvalue weighted by molar-refractivity contribution is -0.781. The molecule has 0 bridgehead atoms. The molecule has 0 saturated heterocycles. The fourth-order valence-corrected chi connectivity index (χ4v) is 5.17. The summed E-state index contributed by atoms with van der Waals surface area (Å²) in [5.74, 6) is 0.761. The fraction of sp³-hybridized carbons (Fsp3) is 0.484. The Morgan fingerprint density at radius 1 is 1.00 bits per heavy atom. The average molecular weight is 616 g/mol. The molecule has 0 unspecified atom stereocenters. The highest BCUT2D eigenvalue weighted by Crippen LogP contribution is 2.38. The zero-order valence-corrected chi connectivity index (χ0v) is 25.9. The van der Waals surface area contributed by atoms with Crippen LogP contribution in [0.2, 0.25) is 5.02 Å². The number of benzene rings is 1. The zero-order chi connectivity index (χ0) is 30.5. The van der Waals surface area contributed by atoms with Crippen LogP contribution in [0.15, 0.2) is 71.0 Å². The molecule has 0 saturated carbocycles. The molecular weight excluding hydrogens is 572 g/mol. The van der Waals surface area contributed by atoms with Gasteiger partial charge in [-0.3, -0.25) is 9.63 Å².